The first-order chi connectivity index (χ1) is 9.24. The summed E-state index contributed by atoms with van der Waals surface area (Å²) in [6.07, 6.45) is 4.26. The number of likely N-dealkylation sites (N-methyl/N-ethyl adjacent to an activating group) is 1. The van der Waals surface area contributed by atoms with Crippen molar-refractivity contribution in [2.75, 3.05) is 20.6 Å². The highest BCUT2D eigenvalue weighted by Gasteiger charge is 1.95. The van der Waals surface area contributed by atoms with Crippen LogP contribution < -0.4 is 4.74 Å². The van der Waals surface area contributed by atoms with Gasteiger partial charge in [-0.1, -0.05) is 42.5 Å². The molecule has 2 aromatic carbocycles. The van der Waals surface area contributed by atoms with Gasteiger partial charge in [0.15, 0.2) is 0 Å². The van der Waals surface area contributed by atoms with Crippen molar-refractivity contribution in [2.24, 2.45) is 0 Å². The van der Waals surface area contributed by atoms with E-state index in [2.05, 4.69) is 43.3 Å². The minimum Gasteiger partial charge on any atom is -0.457 e. The van der Waals surface area contributed by atoms with Crippen LogP contribution in [0.25, 0.3) is 6.08 Å². The molecule has 2 aromatic rings. The largest absolute Gasteiger partial charge is 0.457 e. The van der Waals surface area contributed by atoms with Crippen LogP contribution in [0.2, 0.25) is 0 Å². The van der Waals surface area contributed by atoms with Crippen molar-refractivity contribution in [3.05, 3.63) is 66.2 Å². The van der Waals surface area contributed by atoms with Crippen LogP contribution in [0.4, 0.5) is 0 Å². The summed E-state index contributed by atoms with van der Waals surface area (Å²) in [7, 11) is 4.11. The monoisotopic (exact) mass is 253 g/mol. The van der Waals surface area contributed by atoms with Crippen molar-refractivity contribution in [1.82, 2.24) is 4.90 Å². The predicted molar refractivity (Wildman–Crippen MR) is 80.5 cm³/mol. The lowest BCUT2D eigenvalue weighted by Gasteiger charge is -2.06. The van der Waals surface area contributed by atoms with Gasteiger partial charge < -0.3 is 9.64 Å². The first-order valence-corrected chi connectivity index (χ1v) is 6.38. The Morgan fingerprint density at radius 3 is 2.16 bits per heavy atom. The number of hydrogen-bond acceptors (Lipinski definition) is 2. The molecule has 0 radical (unpaired) electrons. The summed E-state index contributed by atoms with van der Waals surface area (Å²) in [5.41, 5.74) is 1.18. The molecule has 0 heterocycles. The van der Waals surface area contributed by atoms with Gasteiger partial charge in [0, 0.05) is 6.54 Å². The molecule has 0 aliphatic heterocycles. The van der Waals surface area contributed by atoms with Gasteiger partial charge in [-0.3, -0.25) is 0 Å². The lowest BCUT2D eigenvalue weighted by Crippen LogP contribution is -2.10. The zero-order valence-corrected chi connectivity index (χ0v) is 11.4. The number of rotatable bonds is 5. The summed E-state index contributed by atoms with van der Waals surface area (Å²) in [4.78, 5) is 2.13. The molecule has 0 aliphatic rings. The first kappa shape index (κ1) is 13.4. The summed E-state index contributed by atoms with van der Waals surface area (Å²) >= 11 is 0. The van der Waals surface area contributed by atoms with Crippen LogP contribution in [0.1, 0.15) is 5.56 Å². The minimum absolute atomic E-state index is 0.857. The molecule has 0 atom stereocenters. The smallest absolute Gasteiger partial charge is 0.127 e. The summed E-state index contributed by atoms with van der Waals surface area (Å²) in [6.45, 7) is 0.947. The second-order valence-electron chi connectivity index (χ2n) is 4.65. The van der Waals surface area contributed by atoms with E-state index in [1.165, 1.54) is 5.56 Å². The fraction of sp³-hybridized carbons (Fsp3) is 0.176. The third-order valence-electron chi connectivity index (χ3n) is 2.64. The van der Waals surface area contributed by atoms with E-state index in [1.807, 2.05) is 42.5 Å². The number of para-hydroxylation sites is 1. The van der Waals surface area contributed by atoms with E-state index in [0.717, 1.165) is 18.0 Å². The number of hydrogen-bond donors (Lipinski definition) is 0. The van der Waals surface area contributed by atoms with E-state index in [0.29, 0.717) is 0 Å². The zero-order valence-electron chi connectivity index (χ0n) is 11.4. The summed E-state index contributed by atoms with van der Waals surface area (Å²) < 4.78 is 5.74. The normalized spacial score (nSPS) is 11.1. The maximum absolute atomic E-state index is 5.74. The third kappa shape index (κ3) is 4.60. The summed E-state index contributed by atoms with van der Waals surface area (Å²) in [6, 6.07) is 17.9. The van der Waals surface area contributed by atoms with Gasteiger partial charge in [0.05, 0.1) is 0 Å². The van der Waals surface area contributed by atoms with E-state index in [9.17, 15) is 0 Å². The molecule has 0 amide bonds. The van der Waals surface area contributed by atoms with E-state index in [4.69, 9.17) is 4.74 Å². The topological polar surface area (TPSA) is 12.5 Å². The second-order valence-corrected chi connectivity index (χ2v) is 4.65. The first-order valence-electron chi connectivity index (χ1n) is 6.38. The molecule has 2 rings (SSSR count). The van der Waals surface area contributed by atoms with Gasteiger partial charge in [0.1, 0.15) is 11.5 Å². The molecule has 2 heteroatoms. The molecule has 0 spiro atoms. The summed E-state index contributed by atoms with van der Waals surface area (Å²) in [5.74, 6) is 1.72. The molecule has 0 unspecified atom stereocenters. The fourth-order valence-electron chi connectivity index (χ4n) is 1.67. The summed E-state index contributed by atoms with van der Waals surface area (Å²) in [5, 5.41) is 0. The van der Waals surface area contributed by atoms with Gasteiger partial charge in [-0.2, -0.15) is 0 Å². The molecule has 98 valence electrons. The second kappa shape index (κ2) is 6.76. The van der Waals surface area contributed by atoms with Gasteiger partial charge in [0.25, 0.3) is 0 Å². The Hall–Kier alpha value is -2.06. The number of benzene rings is 2. The molecule has 19 heavy (non-hydrogen) atoms. The van der Waals surface area contributed by atoms with Gasteiger partial charge in [-0.05, 0) is 43.9 Å². The molecule has 0 saturated carbocycles. The Labute approximate surface area is 114 Å². The molecule has 0 fully saturated rings. The Bertz CT molecular complexity index is 515. The van der Waals surface area contributed by atoms with E-state index in [-0.39, 0.29) is 0 Å². The van der Waals surface area contributed by atoms with Crippen LogP contribution in [-0.2, 0) is 0 Å². The van der Waals surface area contributed by atoms with Gasteiger partial charge in [-0.25, -0.2) is 0 Å². The van der Waals surface area contributed by atoms with Crippen molar-refractivity contribution in [3.63, 3.8) is 0 Å². The van der Waals surface area contributed by atoms with E-state index < -0.39 is 0 Å². The Kier molecular flexibility index (Phi) is 4.76. The van der Waals surface area contributed by atoms with Crippen molar-refractivity contribution < 1.29 is 4.74 Å². The SMILES string of the molecule is CN(C)CC=Cc1ccc(Oc2ccccc2)cc1. The standard InChI is InChI=1S/C17H19NO/c1-18(2)14-6-7-15-10-12-17(13-11-15)19-16-8-4-3-5-9-16/h3-13H,14H2,1-2H3. The van der Waals surface area contributed by atoms with Gasteiger partial charge >= 0.3 is 0 Å². The fourth-order valence-corrected chi connectivity index (χ4v) is 1.67. The van der Waals surface area contributed by atoms with Crippen molar-refractivity contribution >= 4 is 6.08 Å². The molecule has 0 aromatic heterocycles. The average Bonchev–Trinajstić information content (AvgIpc) is 2.42. The van der Waals surface area contributed by atoms with Crippen LogP contribution in [0.3, 0.4) is 0 Å². The molecular formula is C17H19NO. The predicted octanol–water partition coefficient (Wildman–Crippen LogP) is 4.05. The highest BCUT2D eigenvalue weighted by molar-refractivity contribution is 5.51. The Morgan fingerprint density at radius 1 is 0.895 bits per heavy atom. The zero-order chi connectivity index (χ0) is 13.5. The molecule has 2 nitrogen and oxygen atoms in total. The molecule has 0 N–H and O–H groups in total. The minimum atomic E-state index is 0.857. The lowest BCUT2D eigenvalue weighted by molar-refractivity contribution is 0.457. The third-order valence-corrected chi connectivity index (χ3v) is 2.64. The lowest BCUT2D eigenvalue weighted by atomic mass is 10.2. The molecule has 0 bridgehead atoms. The van der Waals surface area contributed by atoms with Crippen LogP contribution in [-0.4, -0.2) is 25.5 Å². The van der Waals surface area contributed by atoms with E-state index >= 15 is 0 Å². The van der Waals surface area contributed by atoms with Crippen molar-refractivity contribution in [1.29, 1.82) is 0 Å². The van der Waals surface area contributed by atoms with Crippen molar-refractivity contribution in [3.8, 4) is 11.5 Å². The quantitative estimate of drug-likeness (QED) is 0.797. The van der Waals surface area contributed by atoms with Crippen molar-refractivity contribution in [2.45, 2.75) is 0 Å². The van der Waals surface area contributed by atoms with Crippen LogP contribution in [0, 0.1) is 0 Å². The van der Waals surface area contributed by atoms with Crippen LogP contribution in [0.5, 0.6) is 11.5 Å². The van der Waals surface area contributed by atoms with Crippen LogP contribution in [0.15, 0.2) is 60.7 Å². The molecular weight excluding hydrogens is 234 g/mol. The van der Waals surface area contributed by atoms with Gasteiger partial charge in [-0.15, -0.1) is 0 Å². The Morgan fingerprint density at radius 2 is 1.53 bits per heavy atom. The molecule has 0 saturated heterocycles. The maximum atomic E-state index is 5.74. The number of ether oxygens (including phenoxy) is 1. The maximum Gasteiger partial charge on any atom is 0.127 e. The highest BCUT2D eigenvalue weighted by Crippen LogP contribution is 2.21. The van der Waals surface area contributed by atoms with E-state index in [1.54, 1.807) is 0 Å². The molecule has 0 aliphatic carbocycles. The average molecular weight is 253 g/mol. The number of nitrogens with zero attached hydrogens (tertiary/aromatic N) is 1. The Balaban J connectivity index is 1.97. The van der Waals surface area contributed by atoms with Gasteiger partial charge in [0.2, 0.25) is 0 Å². The van der Waals surface area contributed by atoms with Crippen LogP contribution >= 0.6 is 0 Å². The highest BCUT2D eigenvalue weighted by atomic mass is 16.5.